The van der Waals surface area contributed by atoms with Crippen molar-refractivity contribution in [1.29, 1.82) is 0 Å². The third-order valence-corrected chi connectivity index (χ3v) is 3.94. The molecule has 5 unspecified atom stereocenters. The largest absolute Gasteiger partial charge is 0.462 e. The van der Waals surface area contributed by atoms with Crippen molar-refractivity contribution < 1.29 is 14.3 Å². The van der Waals surface area contributed by atoms with Gasteiger partial charge in [-0.3, -0.25) is 9.59 Å². The van der Waals surface area contributed by atoms with E-state index in [9.17, 15) is 9.59 Å². The van der Waals surface area contributed by atoms with Gasteiger partial charge in [-0.05, 0) is 38.5 Å². The lowest BCUT2D eigenvalue weighted by Gasteiger charge is -2.22. The second kappa shape index (κ2) is 5.55. The van der Waals surface area contributed by atoms with Gasteiger partial charge in [0.25, 0.3) is 0 Å². The Labute approximate surface area is 108 Å². The third-order valence-electron chi connectivity index (χ3n) is 3.94. The Hall–Kier alpha value is -1.32. The van der Waals surface area contributed by atoms with Crippen LogP contribution in [0.5, 0.6) is 0 Å². The highest BCUT2D eigenvalue weighted by Gasteiger charge is 2.41. The Bertz CT molecular complexity index is 353. The molecule has 0 radical (unpaired) electrons. The van der Waals surface area contributed by atoms with Crippen LogP contribution in [0.2, 0.25) is 0 Å². The maximum Gasteiger partial charge on any atom is 0.309 e. The normalized spacial score (nSPS) is 32.0. The van der Waals surface area contributed by atoms with Gasteiger partial charge in [-0.25, -0.2) is 0 Å². The summed E-state index contributed by atoms with van der Waals surface area (Å²) in [6, 6.07) is 0.0326. The Kier molecular flexibility index (Phi) is 4.04. The monoisotopic (exact) mass is 251 g/mol. The van der Waals surface area contributed by atoms with Crippen LogP contribution in [-0.2, 0) is 14.3 Å². The second-order valence-corrected chi connectivity index (χ2v) is 5.56. The van der Waals surface area contributed by atoms with Gasteiger partial charge in [-0.2, -0.15) is 0 Å². The number of fused-ring (bicyclic) bond motifs is 2. The zero-order valence-corrected chi connectivity index (χ0v) is 11.0. The van der Waals surface area contributed by atoms with E-state index in [1.807, 2.05) is 13.8 Å². The Morgan fingerprint density at radius 2 is 2.22 bits per heavy atom. The number of hydrogen-bond donors (Lipinski definition) is 1. The van der Waals surface area contributed by atoms with Gasteiger partial charge in [-0.1, -0.05) is 12.2 Å². The molecule has 0 heterocycles. The first kappa shape index (κ1) is 13.1. The minimum absolute atomic E-state index is 0.0326. The van der Waals surface area contributed by atoms with Crippen LogP contribution in [0.1, 0.15) is 33.1 Å². The van der Waals surface area contributed by atoms with E-state index in [1.165, 1.54) is 0 Å². The van der Waals surface area contributed by atoms with E-state index in [0.717, 1.165) is 12.8 Å². The Morgan fingerprint density at radius 3 is 2.78 bits per heavy atom. The molecule has 1 saturated carbocycles. The fourth-order valence-electron chi connectivity index (χ4n) is 3.07. The summed E-state index contributed by atoms with van der Waals surface area (Å²) >= 11 is 0. The van der Waals surface area contributed by atoms with Crippen LogP contribution in [0.15, 0.2) is 12.2 Å². The molecule has 0 aromatic heterocycles. The number of ether oxygens (including phenoxy) is 1. The van der Waals surface area contributed by atoms with Gasteiger partial charge in [0, 0.05) is 12.5 Å². The maximum absolute atomic E-state index is 12.0. The number of nitrogens with one attached hydrogen (secondary N) is 1. The van der Waals surface area contributed by atoms with Crippen LogP contribution in [-0.4, -0.2) is 24.5 Å². The summed E-state index contributed by atoms with van der Waals surface area (Å²) in [6.45, 7) is 3.78. The predicted molar refractivity (Wildman–Crippen MR) is 67.7 cm³/mol. The van der Waals surface area contributed by atoms with Gasteiger partial charge in [-0.15, -0.1) is 0 Å². The molecule has 2 bridgehead atoms. The number of carbonyl (C=O) groups is 2. The van der Waals surface area contributed by atoms with Crippen molar-refractivity contribution in [2.75, 3.05) is 0 Å². The average molecular weight is 251 g/mol. The minimum Gasteiger partial charge on any atom is -0.462 e. The summed E-state index contributed by atoms with van der Waals surface area (Å²) in [5.41, 5.74) is 0. The molecule has 0 saturated heterocycles. The summed E-state index contributed by atoms with van der Waals surface area (Å²) in [5, 5.41) is 2.66. The van der Waals surface area contributed by atoms with E-state index in [4.69, 9.17) is 4.74 Å². The summed E-state index contributed by atoms with van der Waals surface area (Å²) in [7, 11) is 0. The van der Waals surface area contributed by atoms with Crippen molar-refractivity contribution in [3.8, 4) is 0 Å². The van der Waals surface area contributed by atoms with Gasteiger partial charge in [0.2, 0.25) is 6.41 Å². The van der Waals surface area contributed by atoms with Gasteiger partial charge >= 0.3 is 5.97 Å². The topological polar surface area (TPSA) is 55.4 Å². The molecule has 1 amide bonds. The van der Waals surface area contributed by atoms with E-state index < -0.39 is 0 Å². The molecule has 2 aliphatic rings. The number of amides is 1. The highest BCUT2D eigenvalue weighted by Crippen LogP contribution is 2.44. The first-order valence-corrected chi connectivity index (χ1v) is 6.68. The van der Waals surface area contributed by atoms with Crippen LogP contribution in [0.3, 0.4) is 0 Å². The van der Waals surface area contributed by atoms with Crippen LogP contribution in [0.4, 0.5) is 0 Å². The van der Waals surface area contributed by atoms with E-state index in [2.05, 4.69) is 17.5 Å². The standard InChI is InChI=1S/C14H21NO3/c1-9(15-8-16)5-10(2)18-14(17)13-7-11-3-4-12(13)6-11/h3-4,8-13H,5-7H2,1-2H3,(H,15,16). The van der Waals surface area contributed by atoms with Gasteiger partial charge < -0.3 is 10.1 Å². The van der Waals surface area contributed by atoms with Crippen LogP contribution in [0, 0.1) is 17.8 Å². The molecule has 4 nitrogen and oxygen atoms in total. The molecule has 2 aliphatic carbocycles. The van der Waals surface area contributed by atoms with Crippen LogP contribution in [0.25, 0.3) is 0 Å². The fourth-order valence-corrected chi connectivity index (χ4v) is 3.07. The van der Waals surface area contributed by atoms with Crippen LogP contribution >= 0.6 is 0 Å². The number of rotatable bonds is 6. The highest BCUT2D eigenvalue weighted by atomic mass is 16.5. The van der Waals surface area contributed by atoms with E-state index in [-0.39, 0.29) is 24.0 Å². The second-order valence-electron chi connectivity index (χ2n) is 5.56. The van der Waals surface area contributed by atoms with E-state index in [0.29, 0.717) is 24.7 Å². The molecular formula is C14H21NO3. The molecule has 0 spiro atoms. The van der Waals surface area contributed by atoms with Crippen molar-refractivity contribution in [2.24, 2.45) is 17.8 Å². The number of hydrogen-bond acceptors (Lipinski definition) is 3. The zero-order valence-electron chi connectivity index (χ0n) is 11.0. The molecular weight excluding hydrogens is 230 g/mol. The van der Waals surface area contributed by atoms with Crippen molar-refractivity contribution in [1.82, 2.24) is 5.32 Å². The molecule has 18 heavy (non-hydrogen) atoms. The quantitative estimate of drug-likeness (QED) is 0.444. The summed E-state index contributed by atoms with van der Waals surface area (Å²) in [5.74, 6) is 0.952. The number of carbonyl (C=O) groups excluding carboxylic acids is 2. The van der Waals surface area contributed by atoms with E-state index in [1.54, 1.807) is 0 Å². The number of esters is 1. The molecule has 0 aromatic carbocycles. The third kappa shape index (κ3) is 2.92. The molecule has 2 rings (SSSR count). The molecule has 1 fully saturated rings. The van der Waals surface area contributed by atoms with Gasteiger partial charge in [0.15, 0.2) is 0 Å². The minimum atomic E-state index is -0.150. The van der Waals surface area contributed by atoms with Gasteiger partial charge in [0.1, 0.15) is 6.10 Å². The van der Waals surface area contributed by atoms with Gasteiger partial charge in [0.05, 0.1) is 5.92 Å². The van der Waals surface area contributed by atoms with Crippen molar-refractivity contribution in [3.05, 3.63) is 12.2 Å². The van der Waals surface area contributed by atoms with E-state index >= 15 is 0 Å². The van der Waals surface area contributed by atoms with Crippen molar-refractivity contribution in [3.63, 3.8) is 0 Å². The Morgan fingerprint density at radius 1 is 1.44 bits per heavy atom. The molecule has 4 heteroatoms. The predicted octanol–water partition coefficient (Wildman–Crippen LogP) is 1.65. The Balaban J connectivity index is 1.77. The summed E-state index contributed by atoms with van der Waals surface area (Å²) < 4.78 is 5.48. The summed E-state index contributed by atoms with van der Waals surface area (Å²) in [4.78, 5) is 22.3. The smallest absolute Gasteiger partial charge is 0.309 e. The first-order valence-electron chi connectivity index (χ1n) is 6.68. The molecule has 0 aliphatic heterocycles. The average Bonchev–Trinajstić information content (AvgIpc) is 2.90. The first-order chi connectivity index (χ1) is 8.60. The van der Waals surface area contributed by atoms with Crippen molar-refractivity contribution in [2.45, 2.75) is 45.3 Å². The molecule has 1 N–H and O–H groups in total. The maximum atomic E-state index is 12.0. The lowest BCUT2D eigenvalue weighted by molar-refractivity contribution is -0.154. The molecule has 0 aromatic rings. The van der Waals surface area contributed by atoms with Crippen molar-refractivity contribution >= 4 is 12.4 Å². The number of allylic oxidation sites excluding steroid dienone is 2. The molecule has 5 atom stereocenters. The SMILES string of the molecule is CC(CC(C)OC(=O)C1CC2C=CC1C2)NC=O. The zero-order chi connectivity index (χ0) is 13.1. The lowest BCUT2D eigenvalue weighted by Crippen LogP contribution is -2.32. The van der Waals surface area contributed by atoms with Crippen LogP contribution < -0.4 is 5.32 Å². The highest BCUT2D eigenvalue weighted by molar-refractivity contribution is 5.74. The fraction of sp³-hybridized carbons (Fsp3) is 0.714. The summed E-state index contributed by atoms with van der Waals surface area (Å²) in [6.07, 6.45) is 7.60. The lowest BCUT2D eigenvalue weighted by atomic mass is 9.94. The molecule has 100 valence electrons.